The molecule has 3 aliphatic rings. The molecular formula is C31H42O5. The Kier molecular flexibility index (Phi) is 7.83. The number of carbonyl (C=O) groups excluding carboxylic acids is 4. The number of Topliss-reactive ketones (excluding diaryl/α,β-unsaturated/α-hetero) is 1. The molecule has 5 atom stereocenters. The van der Waals surface area contributed by atoms with Crippen molar-refractivity contribution in [1.29, 1.82) is 0 Å². The van der Waals surface area contributed by atoms with E-state index in [0.29, 0.717) is 17.9 Å². The van der Waals surface area contributed by atoms with Gasteiger partial charge in [0, 0.05) is 29.7 Å². The van der Waals surface area contributed by atoms with Crippen molar-refractivity contribution in [3.8, 4) is 0 Å². The first-order valence-electron chi connectivity index (χ1n) is 13.1. The van der Waals surface area contributed by atoms with E-state index >= 15 is 0 Å². The minimum atomic E-state index is -0.220. The zero-order valence-electron chi connectivity index (χ0n) is 23.2. The van der Waals surface area contributed by atoms with E-state index in [2.05, 4.69) is 27.7 Å². The molecule has 0 aliphatic heterocycles. The molecule has 0 saturated heterocycles. The summed E-state index contributed by atoms with van der Waals surface area (Å²) in [6.45, 7) is 15.7. The SMILES string of the molecule is CC(=O)/C=C\C(=O)/C(C)=C/C=C/C(C)=C1/C(=O)C[C@H]2[C@@]3(C)CC[C@H](OC(C)=O)C(C)(C)[C@@H]3CC[C@]12C. The molecule has 0 aromatic rings. The average Bonchev–Trinajstić information content (AvgIpc) is 3.05. The van der Waals surface area contributed by atoms with Gasteiger partial charge in [0.1, 0.15) is 6.10 Å². The van der Waals surface area contributed by atoms with Crippen molar-refractivity contribution < 1.29 is 23.9 Å². The van der Waals surface area contributed by atoms with Gasteiger partial charge < -0.3 is 4.74 Å². The van der Waals surface area contributed by atoms with Crippen LogP contribution in [-0.2, 0) is 23.9 Å². The van der Waals surface area contributed by atoms with E-state index in [0.717, 1.165) is 36.8 Å². The predicted octanol–water partition coefficient (Wildman–Crippen LogP) is 6.28. The molecule has 0 amide bonds. The van der Waals surface area contributed by atoms with E-state index in [1.165, 1.54) is 26.0 Å². The second-order valence-electron chi connectivity index (χ2n) is 12.2. The minimum absolute atomic E-state index is 0.000506. The van der Waals surface area contributed by atoms with Crippen LogP contribution >= 0.6 is 0 Å². The van der Waals surface area contributed by atoms with Crippen LogP contribution in [0.5, 0.6) is 0 Å². The van der Waals surface area contributed by atoms with Crippen LogP contribution in [0.15, 0.2) is 47.1 Å². The van der Waals surface area contributed by atoms with Crippen molar-refractivity contribution in [3.63, 3.8) is 0 Å². The molecule has 5 nitrogen and oxygen atoms in total. The molecule has 3 aliphatic carbocycles. The van der Waals surface area contributed by atoms with E-state index in [9.17, 15) is 19.2 Å². The Morgan fingerprint density at radius 2 is 1.56 bits per heavy atom. The van der Waals surface area contributed by atoms with E-state index in [4.69, 9.17) is 4.74 Å². The average molecular weight is 495 g/mol. The fraction of sp³-hybridized carbons (Fsp3) is 0.613. The lowest BCUT2D eigenvalue weighted by molar-refractivity contribution is -0.185. The minimum Gasteiger partial charge on any atom is -0.462 e. The van der Waals surface area contributed by atoms with Crippen LogP contribution in [0, 0.1) is 28.1 Å². The van der Waals surface area contributed by atoms with Crippen LogP contribution in [-0.4, -0.2) is 29.4 Å². The Bertz CT molecular complexity index is 1080. The maximum Gasteiger partial charge on any atom is 0.302 e. The first-order valence-corrected chi connectivity index (χ1v) is 13.1. The fourth-order valence-electron chi connectivity index (χ4n) is 7.80. The lowest BCUT2D eigenvalue weighted by atomic mass is 9.43. The predicted molar refractivity (Wildman–Crippen MR) is 141 cm³/mol. The van der Waals surface area contributed by atoms with Crippen LogP contribution in [0.1, 0.15) is 87.5 Å². The number of carbonyl (C=O) groups is 4. The lowest BCUT2D eigenvalue weighted by Gasteiger charge is -2.62. The van der Waals surface area contributed by atoms with Gasteiger partial charge in [0.15, 0.2) is 17.3 Å². The third-order valence-corrected chi connectivity index (χ3v) is 9.48. The van der Waals surface area contributed by atoms with Gasteiger partial charge in [-0.3, -0.25) is 19.2 Å². The first kappa shape index (κ1) is 28.0. The number of hydrogen-bond donors (Lipinski definition) is 0. The maximum atomic E-state index is 13.5. The van der Waals surface area contributed by atoms with Gasteiger partial charge in [-0.25, -0.2) is 0 Å². The molecule has 0 heterocycles. The van der Waals surface area contributed by atoms with Crippen LogP contribution in [0.3, 0.4) is 0 Å². The summed E-state index contributed by atoms with van der Waals surface area (Å²) < 4.78 is 5.75. The topological polar surface area (TPSA) is 77.5 Å². The summed E-state index contributed by atoms with van der Waals surface area (Å²) in [6.07, 6.45) is 12.2. The van der Waals surface area contributed by atoms with Gasteiger partial charge in [-0.15, -0.1) is 0 Å². The quantitative estimate of drug-likeness (QED) is 0.247. The zero-order valence-corrected chi connectivity index (χ0v) is 23.2. The molecule has 3 saturated carbocycles. The summed E-state index contributed by atoms with van der Waals surface area (Å²) in [7, 11) is 0. The summed E-state index contributed by atoms with van der Waals surface area (Å²) in [5.74, 6) is 0.268. The third-order valence-electron chi connectivity index (χ3n) is 9.48. The monoisotopic (exact) mass is 494 g/mol. The number of fused-ring (bicyclic) bond motifs is 3. The fourth-order valence-corrected chi connectivity index (χ4v) is 7.80. The Balaban J connectivity index is 1.89. The van der Waals surface area contributed by atoms with Crippen molar-refractivity contribution in [2.24, 2.45) is 28.1 Å². The molecule has 5 heteroatoms. The van der Waals surface area contributed by atoms with E-state index in [-0.39, 0.29) is 51.6 Å². The molecule has 0 N–H and O–H groups in total. The maximum absolute atomic E-state index is 13.5. The zero-order chi connectivity index (χ0) is 27.1. The summed E-state index contributed by atoms with van der Waals surface area (Å²) in [5.41, 5.74) is 2.08. The number of esters is 1. The molecule has 196 valence electrons. The summed E-state index contributed by atoms with van der Waals surface area (Å²) >= 11 is 0. The molecule has 0 radical (unpaired) electrons. The van der Waals surface area contributed by atoms with Crippen molar-refractivity contribution in [1.82, 2.24) is 0 Å². The van der Waals surface area contributed by atoms with Gasteiger partial charge in [-0.2, -0.15) is 0 Å². The molecule has 3 fully saturated rings. The van der Waals surface area contributed by atoms with Gasteiger partial charge in [0.25, 0.3) is 0 Å². The largest absolute Gasteiger partial charge is 0.462 e. The van der Waals surface area contributed by atoms with Crippen molar-refractivity contribution in [2.75, 3.05) is 0 Å². The Morgan fingerprint density at radius 3 is 2.17 bits per heavy atom. The molecule has 0 spiro atoms. The smallest absolute Gasteiger partial charge is 0.302 e. The van der Waals surface area contributed by atoms with Gasteiger partial charge in [0.2, 0.25) is 0 Å². The summed E-state index contributed by atoms with van der Waals surface area (Å²) in [5, 5.41) is 0. The van der Waals surface area contributed by atoms with Crippen LogP contribution in [0.2, 0.25) is 0 Å². The van der Waals surface area contributed by atoms with Crippen LogP contribution < -0.4 is 0 Å². The highest BCUT2D eigenvalue weighted by Crippen LogP contribution is 2.69. The van der Waals surface area contributed by atoms with Crippen LogP contribution in [0.25, 0.3) is 0 Å². The summed E-state index contributed by atoms with van der Waals surface area (Å²) in [6, 6.07) is 0. The lowest BCUT2D eigenvalue weighted by Crippen LogP contribution is -2.58. The van der Waals surface area contributed by atoms with E-state index in [1.807, 2.05) is 19.1 Å². The Morgan fingerprint density at radius 1 is 0.889 bits per heavy atom. The second kappa shape index (κ2) is 10.1. The first-order chi connectivity index (χ1) is 16.6. The van der Waals surface area contributed by atoms with E-state index in [1.54, 1.807) is 13.0 Å². The molecule has 0 aromatic heterocycles. The summed E-state index contributed by atoms with van der Waals surface area (Å²) in [4.78, 5) is 48.4. The number of hydrogen-bond acceptors (Lipinski definition) is 5. The standard InChI is InChI=1S/C31H42O5/c1-19(23(34)13-12-21(3)32)10-9-11-20(2)28-24(35)18-26-30(7)17-15-27(36-22(4)33)29(5,6)25(30)14-16-31(26,28)8/h9-13,25-27H,14-18H2,1-8H3/b11-9+,13-12-,19-10+,28-20-/t25-,26-,27-,30-,31-/m0/s1. The Hall–Kier alpha value is -2.56. The number of allylic oxidation sites excluding steroid dienone is 8. The molecule has 0 unspecified atom stereocenters. The van der Waals surface area contributed by atoms with Gasteiger partial charge in [-0.05, 0) is 87.0 Å². The second-order valence-corrected chi connectivity index (χ2v) is 12.2. The highest BCUT2D eigenvalue weighted by molar-refractivity contribution is 6.07. The number of ether oxygens (including phenoxy) is 1. The number of ketones is 3. The van der Waals surface area contributed by atoms with Crippen molar-refractivity contribution in [2.45, 2.75) is 93.6 Å². The molecule has 0 aromatic carbocycles. The Labute approximate surface area is 216 Å². The van der Waals surface area contributed by atoms with Crippen molar-refractivity contribution in [3.05, 3.63) is 47.1 Å². The van der Waals surface area contributed by atoms with Crippen molar-refractivity contribution >= 4 is 23.3 Å². The van der Waals surface area contributed by atoms with Gasteiger partial charge in [0.05, 0.1) is 0 Å². The number of rotatable bonds is 6. The molecule has 0 bridgehead atoms. The normalized spacial score (nSPS) is 35.5. The van der Waals surface area contributed by atoms with Gasteiger partial charge in [-0.1, -0.05) is 45.9 Å². The molecule has 36 heavy (non-hydrogen) atoms. The van der Waals surface area contributed by atoms with Crippen LogP contribution in [0.4, 0.5) is 0 Å². The van der Waals surface area contributed by atoms with E-state index < -0.39 is 0 Å². The molecular weight excluding hydrogens is 452 g/mol. The van der Waals surface area contributed by atoms with Gasteiger partial charge >= 0.3 is 5.97 Å². The molecule has 3 rings (SSSR count). The highest BCUT2D eigenvalue weighted by atomic mass is 16.5. The third kappa shape index (κ3) is 4.99. The highest BCUT2D eigenvalue weighted by Gasteiger charge is 2.65.